The van der Waals surface area contributed by atoms with E-state index in [9.17, 15) is 17.6 Å². The summed E-state index contributed by atoms with van der Waals surface area (Å²) in [5.41, 5.74) is 7.75. The highest BCUT2D eigenvalue weighted by Gasteiger charge is 2.29. The van der Waals surface area contributed by atoms with Gasteiger partial charge in [0.2, 0.25) is 16.0 Å². The van der Waals surface area contributed by atoms with Gasteiger partial charge in [0.15, 0.2) is 0 Å². The third kappa shape index (κ3) is 6.44. The molecule has 0 unspecified atom stereocenters. The van der Waals surface area contributed by atoms with Crippen molar-refractivity contribution in [1.29, 1.82) is 0 Å². The summed E-state index contributed by atoms with van der Waals surface area (Å²) in [6, 6.07) is 25.4. The third-order valence-corrected chi connectivity index (χ3v) is 12.0. The van der Waals surface area contributed by atoms with Crippen LogP contribution in [0.1, 0.15) is 16.1 Å². The topological polar surface area (TPSA) is 186 Å². The highest BCUT2D eigenvalue weighted by molar-refractivity contribution is 7.89. The summed E-state index contributed by atoms with van der Waals surface area (Å²) in [6.45, 7) is 3.44. The van der Waals surface area contributed by atoms with Gasteiger partial charge in [-0.3, -0.25) is 20.0 Å². The largest absolute Gasteiger partial charge is 0.358 e. The van der Waals surface area contributed by atoms with Crippen molar-refractivity contribution < 1.29 is 22.8 Å². The summed E-state index contributed by atoms with van der Waals surface area (Å²) in [7, 11) is -3.60. The normalized spacial score (nSPS) is 13.7. The van der Waals surface area contributed by atoms with Gasteiger partial charge in [0.05, 0.1) is 32.5 Å². The molecule has 0 saturated carbocycles. The van der Waals surface area contributed by atoms with E-state index >= 15 is 0 Å². The van der Waals surface area contributed by atoms with Crippen molar-refractivity contribution in [2.45, 2.75) is 11.8 Å². The van der Waals surface area contributed by atoms with Crippen LogP contribution in [0, 0.1) is 12.7 Å². The predicted octanol–water partition coefficient (Wildman–Crippen LogP) is 6.51. The molecule has 0 radical (unpaired) electrons. The van der Waals surface area contributed by atoms with Crippen molar-refractivity contribution in [2.24, 2.45) is 0 Å². The maximum atomic E-state index is 13.9. The maximum absolute atomic E-state index is 13.9. The summed E-state index contributed by atoms with van der Waals surface area (Å²) in [5.74, 6) is 0.143. The van der Waals surface area contributed by atoms with Crippen LogP contribution in [0.3, 0.4) is 0 Å². The molecular formula is C41H33FN10O4S. The molecule has 10 rings (SSSR count). The monoisotopic (exact) mass is 780 g/mol. The molecule has 0 atom stereocenters. The lowest BCUT2D eigenvalue weighted by molar-refractivity contribution is 0.0705. The maximum Gasteiger partial charge on any atom is 0.277 e. The van der Waals surface area contributed by atoms with Gasteiger partial charge < -0.3 is 14.9 Å². The van der Waals surface area contributed by atoms with Gasteiger partial charge in [-0.2, -0.15) is 4.31 Å². The van der Waals surface area contributed by atoms with Crippen LogP contribution in [0.2, 0.25) is 0 Å². The van der Waals surface area contributed by atoms with Crippen LogP contribution in [-0.2, 0) is 10.0 Å². The van der Waals surface area contributed by atoms with Crippen LogP contribution < -0.4 is 10.4 Å². The number of aryl methyl sites for hydroxylation is 1. The number of imidazole rings is 1. The molecule has 9 aromatic rings. The van der Waals surface area contributed by atoms with Crippen molar-refractivity contribution in [2.75, 3.05) is 31.1 Å². The zero-order valence-electron chi connectivity index (χ0n) is 30.3. The molecule has 0 bridgehead atoms. The van der Waals surface area contributed by atoms with Gasteiger partial charge in [-0.25, -0.2) is 33.2 Å². The summed E-state index contributed by atoms with van der Waals surface area (Å²) in [6.07, 6.45) is 6.16. The molecule has 1 amide bonds. The van der Waals surface area contributed by atoms with Crippen LogP contribution in [0.5, 0.6) is 0 Å². The Balaban J connectivity index is 0.000000148. The number of hydrogen-bond acceptors (Lipinski definition) is 10. The Bertz CT molecular complexity index is 3040. The Morgan fingerprint density at radius 1 is 0.772 bits per heavy atom. The number of pyridine rings is 2. The lowest BCUT2D eigenvalue weighted by Crippen LogP contribution is -2.49. The fourth-order valence-electron chi connectivity index (χ4n) is 7.34. The number of aromatic nitrogens is 7. The van der Waals surface area contributed by atoms with Gasteiger partial charge in [-0.05, 0) is 72.3 Å². The Morgan fingerprint density at radius 3 is 2.21 bits per heavy atom. The van der Waals surface area contributed by atoms with Gasteiger partial charge >= 0.3 is 0 Å². The van der Waals surface area contributed by atoms with Gasteiger partial charge in [0.25, 0.3) is 5.91 Å². The molecule has 0 spiro atoms. The number of amides is 1. The molecule has 1 aliphatic heterocycles. The predicted molar refractivity (Wildman–Crippen MR) is 215 cm³/mol. The first-order valence-corrected chi connectivity index (χ1v) is 19.4. The highest BCUT2D eigenvalue weighted by atomic mass is 32.2. The zero-order valence-corrected chi connectivity index (χ0v) is 31.1. The standard InChI is InChI=1S/C22H14FN5.C19H19N5O4S/c1-11-17(15-10-12(23)6-7-16(15)26-11)22-27-20-13-4-2-8-24-18(13)19-14(21(20)28-22)5-3-9-25-19;25-18(22-26)16-12-20-19(21-13-16)23-7-9-24(10-8-23)29(27,28)17-6-5-14-3-1-2-4-15(14)11-17/h2-10,26H,1H3,(H,27,28);1-6,11-13,26H,7-10H2,(H,22,25). The lowest BCUT2D eigenvalue weighted by atomic mass is 10.1. The number of carbonyl (C=O) groups is 1. The second kappa shape index (κ2) is 14.3. The van der Waals surface area contributed by atoms with E-state index in [1.54, 1.807) is 36.7 Å². The number of piperazine rings is 1. The summed E-state index contributed by atoms with van der Waals surface area (Å²) in [4.78, 5) is 42.5. The SMILES string of the molecule is Cc1[nH]c2ccc(F)cc2c1-c1nc2c3cccnc3c3ncccc3c2[nH]1.O=C(NO)c1cnc(N2CCN(S(=O)(=O)c3ccc4ccccc4c3)CC2)nc1. The van der Waals surface area contributed by atoms with Crippen LogP contribution >= 0.6 is 0 Å². The molecule has 1 aliphatic rings. The molecule has 5 aromatic heterocycles. The molecule has 14 nitrogen and oxygen atoms in total. The van der Waals surface area contributed by atoms with E-state index in [1.165, 1.54) is 28.2 Å². The average Bonchev–Trinajstić information content (AvgIpc) is 3.84. The first-order valence-electron chi connectivity index (χ1n) is 18.0. The minimum absolute atomic E-state index is 0.133. The molecule has 1 saturated heterocycles. The smallest absolute Gasteiger partial charge is 0.277 e. The number of anilines is 1. The number of fused-ring (bicyclic) bond motifs is 8. The van der Waals surface area contributed by atoms with Gasteiger partial charge in [-0.1, -0.05) is 30.3 Å². The number of halogens is 1. The Morgan fingerprint density at radius 2 is 1.47 bits per heavy atom. The number of aromatic amines is 2. The van der Waals surface area contributed by atoms with Crippen LogP contribution in [0.4, 0.5) is 10.3 Å². The highest BCUT2D eigenvalue weighted by Crippen LogP contribution is 2.36. The number of nitrogens with zero attached hydrogens (tertiary/aromatic N) is 7. The second-order valence-electron chi connectivity index (χ2n) is 13.5. The zero-order chi connectivity index (χ0) is 39.3. The molecule has 1 fully saturated rings. The van der Waals surface area contributed by atoms with Gasteiger partial charge in [0, 0.05) is 83.9 Å². The third-order valence-electron chi connectivity index (χ3n) is 10.1. The van der Waals surface area contributed by atoms with Crippen molar-refractivity contribution in [3.63, 3.8) is 0 Å². The van der Waals surface area contributed by atoms with Crippen LogP contribution in [0.15, 0.2) is 115 Å². The molecule has 6 heterocycles. The van der Waals surface area contributed by atoms with Crippen molar-refractivity contribution in [1.82, 2.24) is 44.7 Å². The van der Waals surface area contributed by atoms with Crippen molar-refractivity contribution >= 4 is 76.4 Å². The molecule has 4 N–H and O–H groups in total. The minimum Gasteiger partial charge on any atom is -0.358 e. The fourth-order valence-corrected chi connectivity index (χ4v) is 8.80. The lowest BCUT2D eigenvalue weighted by Gasteiger charge is -2.34. The number of benzene rings is 4. The van der Waals surface area contributed by atoms with E-state index in [0.717, 1.165) is 65.8 Å². The van der Waals surface area contributed by atoms with E-state index in [0.29, 0.717) is 38.0 Å². The van der Waals surface area contributed by atoms with Crippen molar-refractivity contribution in [3.05, 3.63) is 127 Å². The van der Waals surface area contributed by atoms with E-state index in [1.807, 2.05) is 66.4 Å². The number of rotatable bonds is 5. The summed E-state index contributed by atoms with van der Waals surface area (Å²) >= 11 is 0. The summed E-state index contributed by atoms with van der Waals surface area (Å²) in [5, 5.41) is 13.2. The number of hydroxylamine groups is 1. The first kappa shape index (κ1) is 35.8. The molecule has 16 heteroatoms. The minimum atomic E-state index is -3.60. The Labute approximate surface area is 324 Å². The number of H-pyrrole nitrogens is 2. The second-order valence-corrected chi connectivity index (χ2v) is 15.5. The van der Waals surface area contributed by atoms with E-state index < -0.39 is 15.9 Å². The van der Waals surface area contributed by atoms with E-state index in [4.69, 9.17) is 10.2 Å². The Kier molecular flexibility index (Phi) is 8.99. The number of carbonyl (C=O) groups excluding carboxylic acids is 1. The molecule has 4 aromatic carbocycles. The number of nitrogens with one attached hydrogen (secondary N) is 3. The van der Waals surface area contributed by atoms with E-state index in [-0.39, 0.29) is 16.3 Å². The quantitative estimate of drug-likeness (QED) is 0.0852. The van der Waals surface area contributed by atoms with E-state index in [2.05, 4.69) is 29.9 Å². The number of hydrogen-bond donors (Lipinski definition) is 4. The summed E-state index contributed by atoms with van der Waals surface area (Å²) < 4.78 is 41.4. The van der Waals surface area contributed by atoms with Gasteiger partial charge in [0.1, 0.15) is 11.6 Å². The molecule has 57 heavy (non-hydrogen) atoms. The first-order chi connectivity index (χ1) is 27.7. The molecule has 0 aliphatic carbocycles. The Hall–Kier alpha value is -6.88. The van der Waals surface area contributed by atoms with Crippen LogP contribution in [-0.4, -0.2) is 84.9 Å². The molecule has 284 valence electrons. The van der Waals surface area contributed by atoms with Crippen LogP contribution in [0.25, 0.3) is 65.9 Å². The fraction of sp³-hybridized carbons (Fsp3) is 0.122. The number of sulfonamides is 1. The average molecular weight is 781 g/mol. The van der Waals surface area contributed by atoms with Gasteiger partial charge in [-0.15, -0.1) is 0 Å². The van der Waals surface area contributed by atoms with Crippen molar-refractivity contribution in [3.8, 4) is 11.4 Å². The molecular weight excluding hydrogens is 748 g/mol.